The molecule has 1 rings (SSSR count). The van der Waals surface area contributed by atoms with Crippen LogP contribution in [0.3, 0.4) is 0 Å². The topological polar surface area (TPSA) is 35.2 Å². The van der Waals surface area contributed by atoms with Crippen molar-refractivity contribution < 1.29 is 9.13 Å². The van der Waals surface area contributed by atoms with E-state index in [4.69, 9.17) is 22.7 Å². The highest BCUT2D eigenvalue weighted by Crippen LogP contribution is 2.16. The van der Waals surface area contributed by atoms with Gasteiger partial charge in [-0.25, -0.2) is 4.39 Å². The summed E-state index contributed by atoms with van der Waals surface area (Å²) in [6, 6.07) is 4.88. The molecule has 0 unspecified atom stereocenters. The van der Waals surface area contributed by atoms with E-state index >= 15 is 0 Å². The number of hydrogen-bond donors (Lipinski definition) is 1. The Balaban J connectivity index is 2.27. The molecular formula is C12H16FNOS. The van der Waals surface area contributed by atoms with Gasteiger partial charge in [0, 0.05) is 6.07 Å². The van der Waals surface area contributed by atoms with E-state index in [9.17, 15) is 4.39 Å². The minimum Gasteiger partial charge on any atom is -0.493 e. The second-order valence-electron chi connectivity index (χ2n) is 3.68. The Hall–Kier alpha value is -1.16. The summed E-state index contributed by atoms with van der Waals surface area (Å²) >= 11 is 4.76. The third kappa shape index (κ3) is 4.57. The van der Waals surface area contributed by atoms with Gasteiger partial charge in [-0.05, 0) is 37.8 Å². The van der Waals surface area contributed by atoms with E-state index in [0.29, 0.717) is 22.9 Å². The van der Waals surface area contributed by atoms with Crippen molar-refractivity contribution in [1.29, 1.82) is 0 Å². The first-order chi connectivity index (χ1) is 7.59. The fourth-order valence-corrected chi connectivity index (χ4v) is 1.40. The van der Waals surface area contributed by atoms with Gasteiger partial charge in [0.1, 0.15) is 11.6 Å². The number of hydrogen-bond acceptors (Lipinski definition) is 2. The molecule has 0 aliphatic carbocycles. The summed E-state index contributed by atoms with van der Waals surface area (Å²) < 4.78 is 18.5. The van der Waals surface area contributed by atoms with Crippen molar-refractivity contribution >= 4 is 17.2 Å². The fourth-order valence-electron chi connectivity index (χ4n) is 1.25. The lowest BCUT2D eigenvalue weighted by molar-refractivity contribution is 0.306. The smallest absolute Gasteiger partial charge is 0.129 e. The number of benzene rings is 1. The van der Waals surface area contributed by atoms with Gasteiger partial charge in [-0.1, -0.05) is 18.3 Å². The van der Waals surface area contributed by atoms with Crippen LogP contribution in [0.4, 0.5) is 4.39 Å². The molecule has 0 atom stereocenters. The molecule has 2 nitrogen and oxygen atoms in total. The van der Waals surface area contributed by atoms with Crippen LogP contribution >= 0.6 is 12.2 Å². The van der Waals surface area contributed by atoms with Crippen LogP contribution in [0.5, 0.6) is 5.75 Å². The van der Waals surface area contributed by atoms with E-state index in [-0.39, 0.29) is 5.82 Å². The normalized spacial score (nSPS) is 10.1. The van der Waals surface area contributed by atoms with Gasteiger partial charge in [0.2, 0.25) is 0 Å². The lowest BCUT2D eigenvalue weighted by Crippen LogP contribution is -2.08. The summed E-state index contributed by atoms with van der Waals surface area (Å²) in [6.07, 6.45) is 2.51. The van der Waals surface area contributed by atoms with Gasteiger partial charge in [-0.3, -0.25) is 0 Å². The molecular weight excluding hydrogens is 225 g/mol. The van der Waals surface area contributed by atoms with Crippen molar-refractivity contribution in [2.75, 3.05) is 6.61 Å². The molecule has 0 aromatic heterocycles. The molecule has 0 amide bonds. The average molecular weight is 241 g/mol. The van der Waals surface area contributed by atoms with Gasteiger partial charge in [0.25, 0.3) is 0 Å². The highest BCUT2D eigenvalue weighted by atomic mass is 32.1. The molecule has 0 saturated carbocycles. The molecule has 0 fully saturated rings. The first-order valence-electron chi connectivity index (χ1n) is 5.27. The quantitative estimate of drug-likeness (QED) is 0.614. The Morgan fingerprint density at radius 3 is 2.81 bits per heavy atom. The third-order valence-corrected chi connectivity index (χ3v) is 2.43. The number of aryl methyl sites for hydroxylation is 1. The number of ether oxygens (including phenoxy) is 1. The molecule has 16 heavy (non-hydrogen) atoms. The number of unbranched alkanes of at least 4 members (excludes halogenated alkanes) is 1. The van der Waals surface area contributed by atoms with Gasteiger partial charge in [-0.15, -0.1) is 0 Å². The van der Waals surface area contributed by atoms with Crippen molar-refractivity contribution in [1.82, 2.24) is 0 Å². The fraction of sp³-hybridized carbons (Fsp3) is 0.417. The van der Waals surface area contributed by atoms with Crippen LogP contribution in [0.2, 0.25) is 0 Å². The van der Waals surface area contributed by atoms with Crippen LogP contribution in [0.15, 0.2) is 18.2 Å². The van der Waals surface area contributed by atoms with E-state index in [1.54, 1.807) is 19.1 Å². The molecule has 2 N–H and O–H groups in total. The van der Waals surface area contributed by atoms with Crippen molar-refractivity contribution in [2.24, 2.45) is 5.73 Å². The Labute approximate surface area is 101 Å². The Morgan fingerprint density at radius 1 is 1.44 bits per heavy atom. The third-order valence-electron chi connectivity index (χ3n) is 2.23. The lowest BCUT2D eigenvalue weighted by atomic mass is 10.2. The van der Waals surface area contributed by atoms with E-state index in [2.05, 4.69) is 0 Å². The van der Waals surface area contributed by atoms with Crippen molar-refractivity contribution in [3.63, 3.8) is 0 Å². The van der Waals surface area contributed by atoms with Crippen LogP contribution in [0.25, 0.3) is 0 Å². The molecule has 0 saturated heterocycles. The zero-order valence-corrected chi connectivity index (χ0v) is 10.1. The summed E-state index contributed by atoms with van der Waals surface area (Å²) in [7, 11) is 0. The SMILES string of the molecule is Cc1ccc(OCCCCC(N)=S)cc1F. The number of thiocarbonyl (C=S) groups is 1. The predicted molar refractivity (Wildman–Crippen MR) is 67.3 cm³/mol. The second kappa shape index (κ2) is 6.43. The predicted octanol–water partition coefficient (Wildman–Crippen LogP) is 2.97. The minimum absolute atomic E-state index is 0.236. The van der Waals surface area contributed by atoms with Crippen LogP contribution < -0.4 is 10.5 Å². The van der Waals surface area contributed by atoms with Crippen LogP contribution in [0.1, 0.15) is 24.8 Å². The van der Waals surface area contributed by atoms with Gasteiger partial charge >= 0.3 is 0 Å². The molecule has 0 spiro atoms. The van der Waals surface area contributed by atoms with Crippen molar-refractivity contribution in [3.8, 4) is 5.75 Å². The van der Waals surface area contributed by atoms with Crippen LogP contribution in [0, 0.1) is 12.7 Å². The van der Waals surface area contributed by atoms with Gasteiger partial charge in [0.15, 0.2) is 0 Å². The second-order valence-corrected chi connectivity index (χ2v) is 4.21. The molecule has 0 aliphatic heterocycles. The summed E-state index contributed by atoms with van der Waals surface area (Å²) in [5.74, 6) is 0.332. The highest BCUT2D eigenvalue weighted by Gasteiger charge is 2.00. The van der Waals surface area contributed by atoms with Crippen molar-refractivity contribution in [2.45, 2.75) is 26.2 Å². The highest BCUT2D eigenvalue weighted by molar-refractivity contribution is 7.80. The van der Waals surface area contributed by atoms with E-state index in [1.165, 1.54) is 6.07 Å². The maximum atomic E-state index is 13.1. The zero-order valence-electron chi connectivity index (χ0n) is 9.33. The van der Waals surface area contributed by atoms with E-state index < -0.39 is 0 Å². The number of halogens is 1. The molecule has 4 heteroatoms. The first kappa shape index (κ1) is 12.9. The first-order valence-corrected chi connectivity index (χ1v) is 5.67. The summed E-state index contributed by atoms with van der Waals surface area (Å²) in [4.78, 5) is 0.529. The largest absolute Gasteiger partial charge is 0.493 e. The molecule has 0 heterocycles. The lowest BCUT2D eigenvalue weighted by Gasteiger charge is -2.06. The van der Waals surface area contributed by atoms with E-state index in [1.807, 2.05) is 0 Å². The number of rotatable bonds is 6. The standard InChI is InChI=1S/C12H16FNOS/c1-9-5-6-10(8-11(9)13)15-7-3-2-4-12(14)16/h5-6,8H,2-4,7H2,1H3,(H2,14,16). The summed E-state index contributed by atoms with van der Waals surface area (Å²) in [5, 5.41) is 0. The minimum atomic E-state index is -0.236. The molecule has 0 aliphatic rings. The molecule has 0 bridgehead atoms. The van der Waals surface area contributed by atoms with Crippen LogP contribution in [-0.4, -0.2) is 11.6 Å². The monoisotopic (exact) mass is 241 g/mol. The maximum Gasteiger partial charge on any atom is 0.129 e. The average Bonchev–Trinajstić information content (AvgIpc) is 2.22. The maximum absolute atomic E-state index is 13.1. The van der Waals surface area contributed by atoms with Crippen molar-refractivity contribution in [3.05, 3.63) is 29.6 Å². The zero-order chi connectivity index (χ0) is 12.0. The van der Waals surface area contributed by atoms with E-state index in [0.717, 1.165) is 19.3 Å². The Morgan fingerprint density at radius 2 is 2.19 bits per heavy atom. The Kier molecular flexibility index (Phi) is 5.19. The molecule has 0 radical (unpaired) electrons. The van der Waals surface area contributed by atoms with Gasteiger partial charge in [0.05, 0.1) is 11.6 Å². The summed E-state index contributed by atoms with van der Waals surface area (Å²) in [6.45, 7) is 2.28. The molecule has 1 aromatic rings. The van der Waals surface area contributed by atoms with Gasteiger partial charge < -0.3 is 10.5 Å². The van der Waals surface area contributed by atoms with Gasteiger partial charge in [-0.2, -0.15) is 0 Å². The summed E-state index contributed by atoms with van der Waals surface area (Å²) in [5.41, 5.74) is 5.99. The number of nitrogens with two attached hydrogens (primary N) is 1. The molecule has 88 valence electrons. The Bertz CT molecular complexity index is 368. The van der Waals surface area contributed by atoms with Crippen LogP contribution in [-0.2, 0) is 0 Å². The molecule has 1 aromatic carbocycles.